The van der Waals surface area contributed by atoms with E-state index in [1.54, 1.807) is 0 Å². The molecule has 0 spiro atoms. The quantitative estimate of drug-likeness (QED) is 0.363. The number of nitrogens with zero attached hydrogens (tertiary/aromatic N) is 1. The van der Waals surface area contributed by atoms with Gasteiger partial charge in [0.1, 0.15) is 6.54 Å². The molecule has 0 aliphatic carbocycles. The third kappa shape index (κ3) is 11.6. The van der Waals surface area contributed by atoms with Crippen molar-refractivity contribution in [3.63, 3.8) is 0 Å². The van der Waals surface area contributed by atoms with Gasteiger partial charge >= 0.3 is 11.9 Å². The molecule has 0 unspecified atom stereocenters. The molecule has 108 valence electrons. The molecule has 2 N–H and O–H groups in total. The molecule has 0 amide bonds. The number of aliphatic carboxylic acids is 1. The topological polar surface area (TPSA) is 83.8 Å². The van der Waals surface area contributed by atoms with E-state index in [0.29, 0.717) is 17.4 Å². The molecule has 0 heterocycles. The summed E-state index contributed by atoms with van der Waals surface area (Å²) in [6.45, 7) is 0.366. The van der Waals surface area contributed by atoms with E-state index in [4.69, 9.17) is 14.9 Å². The molecule has 0 radical (unpaired) electrons. The molecule has 18 heavy (non-hydrogen) atoms. The van der Waals surface area contributed by atoms with Crippen molar-refractivity contribution in [2.75, 3.05) is 34.3 Å². The summed E-state index contributed by atoms with van der Waals surface area (Å²) in [7, 11) is 5.70. The number of carboxylic acids is 1. The summed E-state index contributed by atoms with van der Waals surface area (Å²) in [6, 6.07) is 0. The smallest absolute Gasteiger partial charge is 0.307 e. The summed E-state index contributed by atoms with van der Waals surface area (Å²) in [5.41, 5.74) is 0. The van der Waals surface area contributed by atoms with Gasteiger partial charge in [0.2, 0.25) is 0 Å². The second-order valence-corrected chi connectivity index (χ2v) is 5.01. The third-order valence-corrected chi connectivity index (χ3v) is 1.99. The zero-order chi connectivity index (χ0) is 13.5. The van der Waals surface area contributed by atoms with Crippen molar-refractivity contribution in [1.82, 2.24) is 0 Å². The molecule has 0 saturated heterocycles. The van der Waals surface area contributed by atoms with Crippen LogP contribution in [0.15, 0.2) is 0 Å². The highest BCUT2D eigenvalue weighted by molar-refractivity contribution is 5.71. The predicted octanol–water partition coefficient (Wildman–Crippen LogP) is -3.14. The van der Waals surface area contributed by atoms with Gasteiger partial charge in [-0.05, 0) is 6.42 Å². The molecule has 0 aliphatic rings. The van der Waals surface area contributed by atoms with Gasteiger partial charge < -0.3 is 31.8 Å². The Morgan fingerprint density at radius 3 is 2.22 bits per heavy atom. The third-order valence-electron chi connectivity index (χ3n) is 1.99. The molecule has 7 heteroatoms. The second-order valence-electron chi connectivity index (χ2n) is 5.01. The highest BCUT2D eigenvalue weighted by Gasteiger charge is 2.24. The SMILES string of the molecule is C[N+](C)(C)C[C@@H](CC(=O)O)OC(=O)CCCO.[Cl-]. The molecule has 1 atom stereocenters. The summed E-state index contributed by atoms with van der Waals surface area (Å²) >= 11 is 0. The Hall–Kier alpha value is -0.850. The standard InChI is InChI=1S/C11H21NO5.ClH/c1-12(2,3)8-9(7-10(14)15)17-11(16)5-4-6-13;/h9,13H,4-8H2,1-3H3;1H/t9-;/m1./s1. The summed E-state index contributed by atoms with van der Waals surface area (Å²) in [5, 5.41) is 17.3. The Morgan fingerprint density at radius 2 is 1.83 bits per heavy atom. The Morgan fingerprint density at radius 1 is 1.28 bits per heavy atom. The number of aliphatic hydroxyl groups excluding tert-OH is 1. The van der Waals surface area contributed by atoms with Gasteiger partial charge in [-0.3, -0.25) is 9.59 Å². The fourth-order valence-electron chi connectivity index (χ4n) is 1.42. The van der Waals surface area contributed by atoms with E-state index in [1.165, 1.54) is 0 Å². The normalized spacial score (nSPS) is 12.4. The maximum Gasteiger partial charge on any atom is 0.307 e. The Kier molecular flexibility index (Phi) is 9.88. The van der Waals surface area contributed by atoms with Crippen LogP contribution in [-0.4, -0.2) is 67.0 Å². The second kappa shape index (κ2) is 9.13. The van der Waals surface area contributed by atoms with Crippen LogP contribution in [0.3, 0.4) is 0 Å². The van der Waals surface area contributed by atoms with Gasteiger partial charge in [0.05, 0.1) is 27.6 Å². The number of carbonyl (C=O) groups excluding carboxylic acids is 1. The Balaban J connectivity index is 0. The minimum Gasteiger partial charge on any atom is -1.00 e. The largest absolute Gasteiger partial charge is 1.00 e. The number of aliphatic hydroxyl groups is 1. The lowest BCUT2D eigenvalue weighted by molar-refractivity contribution is -0.873. The summed E-state index contributed by atoms with van der Waals surface area (Å²) < 4.78 is 5.61. The highest BCUT2D eigenvalue weighted by Crippen LogP contribution is 2.07. The molecule has 0 aromatic heterocycles. The first-order valence-corrected chi connectivity index (χ1v) is 5.57. The number of halogens is 1. The first-order valence-electron chi connectivity index (χ1n) is 5.57. The predicted molar refractivity (Wildman–Crippen MR) is 61.4 cm³/mol. The monoisotopic (exact) mass is 283 g/mol. The molecule has 0 aliphatic heterocycles. The van der Waals surface area contributed by atoms with Crippen LogP contribution in [0.1, 0.15) is 19.3 Å². The molecule has 0 fully saturated rings. The van der Waals surface area contributed by atoms with Crippen molar-refractivity contribution in [2.45, 2.75) is 25.4 Å². The number of ether oxygens (including phenoxy) is 1. The highest BCUT2D eigenvalue weighted by atomic mass is 35.5. The molecule has 0 saturated carbocycles. The molecule has 0 aromatic rings. The van der Waals surface area contributed by atoms with E-state index in [9.17, 15) is 9.59 Å². The number of rotatable bonds is 8. The van der Waals surface area contributed by atoms with Crippen molar-refractivity contribution in [2.24, 2.45) is 0 Å². The van der Waals surface area contributed by atoms with Crippen LogP contribution in [0.25, 0.3) is 0 Å². The average molecular weight is 284 g/mol. The van der Waals surface area contributed by atoms with Crippen LogP contribution in [0.5, 0.6) is 0 Å². The molecular formula is C11H22ClNO5. The first-order chi connectivity index (χ1) is 7.74. The van der Waals surface area contributed by atoms with Gasteiger partial charge in [-0.2, -0.15) is 0 Å². The zero-order valence-corrected chi connectivity index (χ0v) is 11.8. The number of hydrogen-bond acceptors (Lipinski definition) is 4. The number of esters is 1. The fraction of sp³-hybridized carbons (Fsp3) is 0.818. The van der Waals surface area contributed by atoms with Gasteiger partial charge in [-0.25, -0.2) is 0 Å². The lowest BCUT2D eigenvalue weighted by Gasteiger charge is -2.28. The Bertz CT molecular complexity index is 265. The van der Waals surface area contributed by atoms with E-state index in [1.807, 2.05) is 21.1 Å². The van der Waals surface area contributed by atoms with E-state index >= 15 is 0 Å². The molecular weight excluding hydrogens is 262 g/mol. The summed E-state index contributed by atoms with van der Waals surface area (Å²) in [6.07, 6.45) is -0.369. The van der Waals surface area contributed by atoms with Crippen LogP contribution < -0.4 is 12.4 Å². The van der Waals surface area contributed by atoms with Gasteiger partial charge in [0, 0.05) is 13.0 Å². The zero-order valence-electron chi connectivity index (χ0n) is 11.1. The van der Waals surface area contributed by atoms with Crippen LogP contribution in [0.4, 0.5) is 0 Å². The molecule has 0 bridgehead atoms. The van der Waals surface area contributed by atoms with Crippen LogP contribution >= 0.6 is 0 Å². The van der Waals surface area contributed by atoms with Gasteiger partial charge in [-0.15, -0.1) is 0 Å². The lowest BCUT2D eigenvalue weighted by Crippen LogP contribution is -3.00. The van der Waals surface area contributed by atoms with E-state index in [0.717, 1.165) is 0 Å². The van der Waals surface area contributed by atoms with Crippen molar-refractivity contribution in [3.05, 3.63) is 0 Å². The minimum absolute atomic E-state index is 0. The van der Waals surface area contributed by atoms with Crippen molar-refractivity contribution in [1.29, 1.82) is 0 Å². The van der Waals surface area contributed by atoms with Crippen molar-refractivity contribution in [3.8, 4) is 0 Å². The van der Waals surface area contributed by atoms with E-state index in [2.05, 4.69) is 0 Å². The molecule has 0 rings (SSSR count). The van der Waals surface area contributed by atoms with Crippen molar-refractivity contribution >= 4 is 11.9 Å². The number of quaternary nitrogens is 1. The number of carboxylic acid groups (broad SMARTS) is 1. The van der Waals surface area contributed by atoms with Crippen LogP contribution in [0.2, 0.25) is 0 Å². The van der Waals surface area contributed by atoms with E-state index < -0.39 is 18.0 Å². The molecule has 0 aromatic carbocycles. The van der Waals surface area contributed by atoms with E-state index in [-0.39, 0.29) is 31.9 Å². The number of carbonyl (C=O) groups is 2. The summed E-state index contributed by atoms with van der Waals surface area (Å²) in [4.78, 5) is 22.0. The van der Waals surface area contributed by atoms with Gasteiger partial charge in [-0.1, -0.05) is 0 Å². The Labute approximate surface area is 114 Å². The first kappa shape index (κ1) is 19.5. The van der Waals surface area contributed by atoms with Crippen LogP contribution in [0, 0.1) is 0 Å². The lowest BCUT2D eigenvalue weighted by atomic mass is 10.2. The number of hydrogen-bond donors (Lipinski definition) is 2. The molecule has 6 nitrogen and oxygen atoms in total. The van der Waals surface area contributed by atoms with Gasteiger partial charge in [0.25, 0.3) is 0 Å². The maximum absolute atomic E-state index is 11.3. The maximum atomic E-state index is 11.3. The van der Waals surface area contributed by atoms with Gasteiger partial charge in [0.15, 0.2) is 6.10 Å². The summed E-state index contributed by atoms with van der Waals surface area (Å²) in [5.74, 6) is -1.45. The minimum atomic E-state index is -0.988. The average Bonchev–Trinajstić information content (AvgIpc) is 2.10. The fourth-order valence-corrected chi connectivity index (χ4v) is 1.42. The number of likely N-dealkylation sites (N-methyl/N-ethyl adjacent to an activating group) is 1. The van der Waals surface area contributed by atoms with Crippen molar-refractivity contribution < 1.29 is 41.4 Å². The van der Waals surface area contributed by atoms with Crippen LogP contribution in [-0.2, 0) is 14.3 Å².